The summed E-state index contributed by atoms with van der Waals surface area (Å²) < 4.78 is 11.0. The van der Waals surface area contributed by atoms with Gasteiger partial charge in [-0.05, 0) is 23.6 Å². The highest BCUT2D eigenvalue weighted by molar-refractivity contribution is 7.20. The smallest absolute Gasteiger partial charge is 0.309 e. The van der Waals surface area contributed by atoms with Gasteiger partial charge >= 0.3 is 5.97 Å². The molecule has 1 heterocycles. The van der Waals surface area contributed by atoms with Gasteiger partial charge in [0.25, 0.3) is 0 Å². The second-order valence-corrected chi connectivity index (χ2v) is 6.50. The summed E-state index contributed by atoms with van der Waals surface area (Å²) in [7, 11) is 2.94. The van der Waals surface area contributed by atoms with Crippen molar-refractivity contribution in [3.63, 3.8) is 0 Å². The first kappa shape index (κ1) is 17.2. The minimum absolute atomic E-state index is 0.0526. The molecular weight excluding hydrogens is 312 g/mol. The Kier molecular flexibility index (Phi) is 5.21. The summed E-state index contributed by atoms with van der Waals surface area (Å²) >= 11 is 1.40. The highest BCUT2D eigenvalue weighted by atomic mass is 32.1. The number of esters is 1. The average molecular weight is 332 g/mol. The Morgan fingerprint density at radius 3 is 2.43 bits per heavy atom. The summed E-state index contributed by atoms with van der Waals surface area (Å²) in [5.41, 5.74) is 0.882. The van der Waals surface area contributed by atoms with Gasteiger partial charge in [-0.3, -0.25) is 9.59 Å². The van der Waals surface area contributed by atoms with Crippen molar-refractivity contribution in [3.05, 3.63) is 35.2 Å². The molecule has 0 radical (unpaired) electrons. The van der Waals surface area contributed by atoms with E-state index in [1.165, 1.54) is 18.4 Å². The third-order valence-corrected chi connectivity index (χ3v) is 5.18. The molecule has 1 unspecified atom stereocenters. The van der Waals surface area contributed by atoms with Crippen LogP contribution in [0.4, 0.5) is 0 Å². The Labute approximate surface area is 139 Å². The fraction of sp³-hybridized carbons (Fsp3) is 0.333. The topological polar surface area (TPSA) is 52.6 Å². The highest BCUT2D eigenvalue weighted by Crippen LogP contribution is 2.34. The number of benzene rings is 1. The van der Waals surface area contributed by atoms with Crippen LogP contribution in [0.1, 0.15) is 29.1 Å². The van der Waals surface area contributed by atoms with E-state index in [9.17, 15) is 9.59 Å². The SMILES string of the molecule is C=Cc1cc2cc(C(=O)C(C)[C@H](C)C(=O)OC)sc2cc1OC. The molecule has 0 fully saturated rings. The predicted molar refractivity (Wildman–Crippen MR) is 93.1 cm³/mol. The van der Waals surface area contributed by atoms with Gasteiger partial charge in [0.1, 0.15) is 5.75 Å². The van der Waals surface area contributed by atoms with Crippen molar-refractivity contribution in [2.24, 2.45) is 11.8 Å². The Morgan fingerprint density at radius 1 is 1.17 bits per heavy atom. The van der Waals surface area contributed by atoms with E-state index in [1.807, 2.05) is 18.2 Å². The molecule has 2 atom stereocenters. The molecule has 0 spiro atoms. The number of hydrogen-bond donors (Lipinski definition) is 0. The van der Waals surface area contributed by atoms with Crippen LogP contribution in [-0.2, 0) is 9.53 Å². The van der Waals surface area contributed by atoms with Crippen LogP contribution >= 0.6 is 11.3 Å². The molecule has 0 saturated carbocycles. The summed E-state index contributed by atoms with van der Waals surface area (Å²) in [5.74, 6) is -0.609. The number of carbonyl (C=O) groups is 2. The first-order valence-corrected chi connectivity index (χ1v) is 8.10. The van der Waals surface area contributed by atoms with Gasteiger partial charge in [-0.1, -0.05) is 26.5 Å². The second kappa shape index (κ2) is 6.96. The summed E-state index contributed by atoms with van der Waals surface area (Å²) in [6, 6.07) is 5.71. The van der Waals surface area contributed by atoms with Crippen molar-refractivity contribution < 1.29 is 19.1 Å². The van der Waals surface area contributed by atoms with E-state index in [2.05, 4.69) is 6.58 Å². The van der Waals surface area contributed by atoms with E-state index in [0.717, 1.165) is 21.4 Å². The Hall–Kier alpha value is -2.14. The first-order valence-electron chi connectivity index (χ1n) is 7.29. The molecule has 4 nitrogen and oxygen atoms in total. The van der Waals surface area contributed by atoms with Gasteiger partial charge in [0.15, 0.2) is 5.78 Å². The maximum Gasteiger partial charge on any atom is 0.309 e. The van der Waals surface area contributed by atoms with Gasteiger partial charge in [-0.2, -0.15) is 0 Å². The monoisotopic (exact) mass is 332 g/mol. The number of rotatable bonds is 6. The van der Waals surface area contributed by atoms with Crippen molar-refractivity contribution in [3.8, 4) is 5.75 Å². The summed E-state index contributed by atoms with van der Waals surface area (Å²) in [6.45, 7) is 7.24. The van der Waals surface area contributed by atoms with E-state index in [4.69, 9.17) is 9.47 Å². The van der Waals surface area contributed by atoms with E-state index in [1.54, 1.807) is 27.0 Å². The lowest BCUT2D eigenvalue weighted by molar-refractivity contribution is -0.145. The van der Waals surface area contributed by atoms with Gasteiger partial charge in [0, 0.05) is 16.2 Å². The van der Waals surface area contributed by atoms with Crippen LogP contribution in [0.5, 0.6) is 5.75 Å². The molecule has 0 aliphatic carbocycles. The molecule has 5 heteroatoms. The maximum absolute atomic E-state index is 12.6. The van der Waals surface area contributed by atoms with Gasteiger partial charge in [-0.25, -0.2) is 0 Å². The first-order chi connectivity index (χ1) is 10.9. The number of ether oxygens (including phenoxy) is 2. The number of fused-ring (bicyclic) bond motifs is 1. The third-order valence-electron chi connectivity index (χ3n) is 4.07. The van der Waals surface area contributed by atoms with Gasteiger partial charge in [0.2, 0.25) is 0 Å². The van der Waals surface area contributed by atoms with E-state index in [-0.39, 0.29) is 11.8 Å². The third kappa shape index (κ3) is 3.29. The largest absolute Gasteiger partial charge is 0.496 e. The maximum atomic E-state index is 12.6. The molecule has 0 aliphatic heterocycles. The molecule has 1 aromatic heterocycles. The number of Topliss-reactive ketones (excluding diaryl/α,β-unsaturated/α-hetero) is 1. The highest BCUT2D eigenvalue weighted by Gasteiger charge is 2.28. The molecule has 0 bridgehead atoms. The Morgan fingerprint density at radius 2 is 1.87 bits per heavy atom. The van der Waals surface area contributed by atoms with E-state index >= 15 is 0 Å². The van der Waals surface area contributed by atoms with Crippen molar-refractivity contribution in [1.29, 1.82) is 0 Å². The predicted octanol–water partition coefficient (Wildman–Crippen LogP) is 4.18. The molecular formula is C18H20O4S. The van der Waals surface area contributed by atoms with Crippen molar-refractivity contribution in [1.82, 2.24) is 0 Å². The zero-order valence-electron chi connectivity index (χ0n) is 13.7. The minimum Gasteiger partial charge on any atom is -0.496 e. The minimum atomic E-state index is -0.476. The lowest BCUT2D eigenvalue weighted by Gasteiger charge is -2.15. The summed E-state index contributed by atoms with van der Waals surface area (Å²) in [4.78, 5) is 24.9. The van der Waals surface area contributed by atoms with E-state index in [0.29, 0.717) is 4.88 Å². The van der Waals surface area contributed by atoms with E-state index < -0.39 is 11.8 Å². The number of methoxy groups -OCH3 is 2. The zero-order chi connectivity index (χ0) is 17.1. The summed E-state index contributed by atoms with van der Waals surface area (Å²) in [6.07, 6.45) is 1.72. The summed E-state index contributed by atoms with van der Waals surface area (Å²) in [5, 5.41) is 0.965. The van der Waals surface area contributed by atoms with Crippen molar-refractivity contribution in [2.45, 2.75) is 13.8 Å². The number of ketones is 1. The van der Waals surface area contributed by atoms with Crippen LogP contribution in [0.2, 0.25) is 0 Å². The zero-order valence-corrected chi connectivity index (χ0v) is 14.5. The molecule has 0 N–H and O–H groups in total. The van der Waals surface area contributed by atoms with Crippen LogP contribution in [0.25, 0.3) is 16.2 Å². The van der Waals surface area contributed by atoms with Crippen LogP contribution in [0.3, 0.4) is 0 Å². The number of hydrogen-bond acceptors (Lipinski definition) is 5. The normalized spacial score (nSPS) is 13.4. The molecule has 122 valence electrons. The van der Waals surface area contributed by atoms with Crippen molar-refractivity contribution >= 4 is 39.3 Å². The van der Waals surface area contributed by atoms with Crippen LogP contribution in [-0.4, -0.2) is 26.0 Å². The second-order valence-electron chi connectivity index (χ2n) is 5.41. The fourth-order valence-electron chi connectivity index (χ4n) is 2.39. The van der Waals surface area contributed by atoms with Crippen LogP contribution < -0.4 is 4.74 Å². The molecule has 2 aromatic rings. The quantitative estimate of drug-likeness (QED) is 0.588. The lowest BCUT2D eigenvalue weighted by atomic mass is 9.91. The Balaban J connectivity index is 2.38. The average Bonchev–Trinajstić information content (AvgIpc) is 3.00. The molecule has 1 aromatic carbocycles. The van der Waals surface area contributed by atoms with Crippen LogP contribution in [0, 0.1) is 11.8 Å². The number of carbonyl (C=O) groups excluding carboxylic acids is 2. The molecule has 0 aliphatic rings. The number of thiophene rings is 1. The Bertz CT molecular complexity index is 760. The van der Waals surface area contributed by atoms with Gasteiger partial charge in [0.05, 0.1) is 25.0 Å². The molecule has 0 amide bonds. The molecule has 2 rings (SSSR count). The van der Waals surface area contributed by atoms with Gasteiger partial charge in [-0.15, -0.1) is 11.3 Å². The fourth-order valence-corrected chi connectivity index (χ4v) is 3.50. The lowest BCUT2D eigenvalue weighted by Crippen LogP contribution is -2.26. The standard InChI is InChI=1S/C18H20O4S/c1-6-12-7-13-8-16(23-15(13)9-14(12)21-4)17(19)10(2)11(3)18(20)22-5/h6-11H,1H2,2-5H3/t10?,11-/m0/s1. The van der Waals surface area contributed by atoms with Crippen LogP contribution in [0.15, 0.2) is 24.8 Å². The molecule has 0 saturated heterocycles. The van der Waals surface area contributed by atoms with Crippen molar-refractivity contribution in [2.75, 3.05) is 14.2 Å². The molecule has 23 heavy (non-hydrogen) atoms. The van der Waals surface area contributed by atoms with Gasteiger partial charge < -0.3 is 9.47 Å².